The molecular formula is C15H23N5O. The Bertz CT molecular complexity index is 567. The second-order valence-electron chi connectivity index (χ2n) is 4.97. The average molecular weight is 289 g/mol. The molecule has 0 fully saturated rings. The van der Waals surface area contributed by atoms with Crippen LogP contribution in [0.15, 0.2) is 18.2 Å². The number of ether oxygens (including phenoxy) is 1. The third kappa shape index (κ3) is 3.93. The fourth-order valence-electron chi connectivity index (χ4n) is 2.22. The highest BCUT2D eigenvalue weighted by Crippen LogP contribution is 2.27. The van der Waals surface area contributed by atoms with Gasteiger partial charge < -0.3 is 10.5 Å². The summed E-state index contributed by atoms with van der Waals surface area (Å²) in [7, 11) is 0. The molecule has 0 aliphatic rings. The molecule has 1 heterocycles. The SMILES string of the molecule is CCCCCCn1nnnc1-c1ccc(OCC)c(N)c1. The summed E-state index contributed by atoms with van der Waals surface area (Å²) in [5, 5.41) is 11.9. The van der Waals surface area contributed by atoms with Crippen molar-refractivity contribution >= 4 is 5.69 Å². The summed E-state index contributed by atoms with van der Waals surface area (Å²) in [6.45, 7) is 5.56. The van der Waals surface area contributed by atoms with Crippen molar-refractivity contribution in [3.05, 3.63) is 18.2 Å². The molecule has 2 aromatic rings. The van der Waals surface area contributed by atoms with Gasteiger partial charge in [-0.2, -0.15) is 0 Å². The largest absolute Gasteiger partial charge is 0.492 e. The highest BCUT2D eigenvalue weighted by atomic mass is 16.5. The van der Waals surface area contributed by atoms with Gasteiger partial charge >= 0.3 is 0 Å². The Morgan fingerprint density at radius 3 is 2.76 bits per heavy atom. The van der Waals surface area contributed by atoms with Gasteiger partial charge in [-0.15, -0.1) is 5.10 Å². The van der Waals surface area contributed by atoms with Crippen molar-refractivity contribution in [1.82, 2.24) is 20.2 Å². The smallest absolute Gasteiger partial charge is 0.182 e. The van der Waals surface area contributed by atoms with Crippen molar-refractivity contribution in [2.75, 3.05) is 12.3 Å². The van der Waals surface area contributed by atoms with E-state index in [1.807, 2.05) is 29.8 Å². The predicted molar refractivity (Wildman–Crippen MR) is 83.0 cm³/mol. The maximum absolute atomic E-state index is 6.00. The van der Waals surface area contributed by atoms with Crippen LogP contribution in [0.2, 0.25) is 0 Å². The summed E-state index contributed by atoms with van der Waals surface area (Å²) in [6.07, 6.45) is 4.74. The molecule has 114 valence electrons. The van der Waals surface area contributed by atoms with Gasteiger partial charge in [0.1, 0.15) is 5.75 Å². The number of aryl methyl sites for hydroxylation is 1. The molecule has 0 radical (unpaired) electrons. The standard InChI is InChI=1S/C15H23N5O/c1-3-5-6-7-10-20-15(17-18-19-20)12-8-9-14(21-4-2)13(16)11-12/h8-9,11H,3-7,10,16H2,1-2H3. The zero-order chi connectivity index (χ0) is 15.1. The summed E-state index contributed by atoms with van der Waals surface area (Å²) in [6, 6.07) is 5.67. The second kappa shape index (κ2) is 7.61. The van der Waals surface area contributed by atoms with E-state index >= 15 is 0 Å². The molecule has 6 heteroatoms. The summed E-state index contributed by atoms with van der Waals surface area (Å²) in [4.78, 5) is 0. The molecule has 0 saturated heterocycles. The van der Waals surface area contributed by atoms with Crippen molar-refractivity contribution in [2.45, 2.75) is 46.1 Å². The molecule has 0 saturated carbocycles. The first-order valence-electron chi connectivity index (χ1n) is 7.55. The summed E-state index contributed by atoms with van der Waals surface area (Å²) in [5.74, 6) is 1.45. The number of anilines is 1. The maximum Gasteiger partial charge on any atom is 0.182 e. The van der Waals surface area contributed by atoms with E-state index in [1.165, 1.54) is 19.3 Å². The molecule has 0 amide bonds. The fraction of sp³-hybridized carbons (Fsp3) is 0.533. The number of tetrazole rings is 1. The van der Waals surface area contributed by atoms with Gasteiger partial charge in [-0.1, -0.05) is 26.2 Å². The first-order chi connectivity index (χ1) is 10.3. The minimum absolute atomic E-state index is 0.596. The van der Waals surface area contributed by atoms with Crippen LogP contribution in [0.3, 0.4) is 0 Å². The van der Waals surface area contributed by atoms with Crippen LogP contribution in [0.4, 0.5) is 5.69 Å². The van der Waals surface area contributed by atoms with E-state index in [0.29, 0.717) is 18.0 Å². The van der Waals surface area contributed by atoms with E-state index < -0.39 is 0 Å². The Labute approximate surface area is 125 Å². The highest BCUT2D eigenvalue weighted by Gasteiger charge is 2.10. The molecule has 21 heavy (non-hydrogen) atoms. The number of hydrogen-bond donors (Lipinski definition) is 1. The zero-order valence-corrected chi connectivity index (χ0v) is 12.7. The molecular weight excluding hydrogens is 266 g/mol. The first-order valence-corrected chi connectivity index (χ1v) is 7.55. The number of hydrogen-bond acceptors (Lipinski definition) is 5. The van der Waals surface area contributed by atoms with Crippen LogP contribution >= 0.6 is 0 Å². The predicted octanol–water partition coefficient (Wildman–Crippen LogP) is 2.90. The van der Waals surface area contributed by atoms with Gasteiger partial charge in [-0.25, -0.2) is 4.68 Å². The van der Waals surface area contributed by atoms with Crippen LogP contribution in [0.5, 0.6) is 5.75 Å². The van der Waals surface area contributed by atoms with E-state index in [9.17, 15) is 0 Å². The molecule has 0 aliphatic carbocycles. The first kappa shape index (κ1) is 15.3. The monoisotopic (exact) mass is 289 g/mol. The number of nitrogen functional groups attached to an aromatic ring is 1. The van der Waals surface area contributed by atoms with Gasteiger partial charge in [-0.3, -0.25) is 0 Å². The molecule has 0 unspecified atom stereocenters. The van der Waals surface area contributed by atoms with Crippen LogP contribution in [0.25, 0.3) is 11.4 Å². The lowest BCUT2D eigenvalue weighted by Gasteiger charge is -2.09. The Morgan fingerprint density at radius 1 is 1.19 bits per heavy atom. The molecule has 1 aromatic heterocycles. The van der Waals surface area contributed by atoms with E-state index in [0.717, 1.165) is 24.4 Å². The Balaban J connectivity index is 2.11. The van der Waals surface area contributed by atoms with E-state index in [4.69, 9.17) is 10.5 Å². The van der Waals surface area contributed by atoms with Crippen molar-refractivity contribution in [1.29, 1.82) is 0 Å². The van der Waals surface area contributed by atoms with Crippen molar-refractivity contribution in [3.63, 3.8) is 0 Å². The molecule has 0 spiro atoms. The topological polar surface area (TPSA) is 78.8 Å². The van der Waals surface area contributed by atoms with E-state index in [-0.39, 0.29) is 0 Å². The number of benzene rings is 1. The van der Waals surface area contributed by atoms with Gasteiger partial charge in [0.05, 0.1) is 12.3 Å². The minimum Gasteiger partial charge on any atom is -0.492 e. The maximum atomic E-state index is 6.00. The van der Waals surface area contributed by atoms with Crippen LogP contribution in [0.1, 0.15) is 39.5 Å². The lowest BCUT2D eigenvalue weighted by molar-refractivity contribution is 0.342. The third-order valence-electron chi connectivity index (χ3n) is 3.32. The van der Waals surface area contributed by atoms with Crippen LogP contribution < -0.4 is 10.5 Å². The van der Waals surface area contributed by atoms with Gasteiger partial charge in [0.15, 0.2) is 5.82 Å². The van der Waals surface area contributed by atoms with Crippen LogP contribution in [-0.4, -0.2) is 26.8 Å². The van der Waals surface area contributed by atoms with Crippen LogP contribution in [0, 0.1) is 0 Å². The molecule has 1 aromatic carbocycles. The Morgan fingerprint density at radius 2 is 2.05 bits per heavy atom. The summed E-state index contributed by atoms with van der Waals surface area (Å²) >= 11 is 0. The summed E-state index contributed by atoms with van der Waals surface area (Å²) in [5.41, 5.74) is 7.52. The zero-order valence-electron chi connectivity index (χ0n) is 12.7. The van der Waals surface area contributed by atoms with Crippen LogP contribution in [-0.2, 0) is 6.54 Å². The molecule has 0 bridgehead atoms. The minimum atomic E-state index is 0.596. The normalized spacial score (nSPS) is 10.8. The second-order valence-corrected chi connectivity index (χ2v) is 4.97. The lowest BCUT2D eigenvalue weighted by atomic mass is 10.1. The van der Waals surface area contributed by atoms with Gasteiger partial charge in [0.2, 0.25) is 0 Å². The van der Waals surface area contributed by atoms with E-state index in [2.05, 4.69) is 22.4 Å². The molecule has 0 atom stereocenters. The van der Waals surface area contributed by atoms with Gasteiger partial charge in [0.25, 0.3) is 0 Å². The van der Waals surface area contributed by atoms with E-state index in [1.54, 1.807) is 0 Å². The Hall–Kier alpha value is -2.11. The number of nitrogens with zero attached hydrogens (tertiary/aromatic N) is 4. The Kier molecular flexibility index (Phi) is 5.54. The van der Waals surface area contributed by atoms with Crippen molar-refractivity contribution in [3.8, 4) is 17.1 Å². The lowest BCUT2D eigenvalue weighted by Crippen LogP contribution is -2.04. The number of nitrogens with two attached hydrogens (primary N) is 1. The van der Waals surface area contributed by atoms with Gasteiger partial charge in [-0.05, 0) is 42.0 Å². The quantitative estimate of drug-likeness (QED) is 0.597. The highest BCUT2D eigenvalue weighted by molar-refractivity contribution is 5.66. The molecule has 6 nitrogen and oxygen atoms in total. The number of unbranched alkanes of at least 4 members (excludes halogenated alkanes) is 3. The number of aromatic nitrogens is 4. The molecule has 2 N–H and O–H groups in total. The number of rotatable bonds is 8. The van der Waals surface area contributed by atoms with Crippen molar-refractivity contribution < 1.29 is 4.74 Å². The third-order valence-corrected chi connectivity index (χ3v) is 3.32. The van der Waals surface area contributed by atoms with Gasteiger partial charge in [0, 0.05) is 12.1 Å². The molecule has 0 aliphatic heterocycles. The average Bonchev–Trinajstić information content (AvgIpc) is 2.94. The van der Waals surface area contributed by atoms with Crippen molar-refractivity contribution in [2.24, 2.45) is 0 Å². The summed E-state index contributed by atoms with van der Waals surface area (Å²) < 4.78 is 7.29. The molecule has 2 rings (SSSR count). The fourth-order valence-corrected chi connectivity index (χ4v) is 2.22.